The lowest BCUT2D eigenvalue weighted by atomic mass is 10.0. The number of nitrogens with one attached hydrogen (secondary N) is 2. The van der Waals surface area contributed by atoms with Crippen LogP contribution in [0.5, 0.6) is 0 Å². The Hall–Kier alpha value is -2.37. The van der Waals surface area contributed by atoms with Gasteiger partial charge in [0.2, 0.25) is 11.8 Å². The smallest absolute Gasteiger partial charge is 0.250 e. The molecule has 2 N–H and O–H groups in total. The number of rotatable bonds is 7. The van der Waals surface area contributed by atoms with Gasteiger partial charge in [0.25, 0.3) is 0 Å². The van der Waals surface area contributed by atoms with Gasteiger partial charge in [-0.15, -0.1) is 0 Å². The Bertz CT molecular complexity index is 773. The predicted octanol–water partition coefficient (Wildman–Crippen LogP) is 4.37. The molecule has 2 aromatic rings. The molecule has 2 rings (SSSR count). The van der Waals surface area contributed by atoms with Crippen molar-refractivity contribution in [1.82, 2.24) is 0 Å². The van der Waals surface area contributed by atoms with Crippen LogP contribution in [0.25, 0.3) is 0 Å². The van der Waals surface area contributed by atoms with E-state index in [-0.39, 0.29) is 25.0 Å². The third kappa shape index (κ3) is 6.17. The number of anilines is 2. The number of hydrogen-bond donors (Lipinski definition) is 2. The molecule has 0 aliphatic carbocycles. The minimum atomic E-state index is -0.348. The fourth-order valence-electron chi connectivity index (χ4n) is 2.25. The first-order valence-corrected chi connectivity index (χ1v) is 8.76. The van der Waals surface area contributed by atoms with Crippen LogP contribution in [0.2, 0.25) is 5.02 Å². The molecule has 0 aromatic heterocycles. The first kappa shape index (κ1) is 19.9. The van der Waals surface area contributed by atoms with Gasteiger partial charge in [0.15, 0.2) is 0 Å². The zero-order valence-electron chi connectivity index (χ0n) is 15.1. The molecule has 2 amide bonds. The van der Waals surface area contributed by atoms with Crippen LogP contribution in [-0.2, 0) is 14.3 Å². The average molecular weight is 375 g/mol. The highest BCUT2D eigenvalue weighted by Crippen LogP contribution is 2.20. The van der Waals surface area contributed by atoms with E-state index in [9.17, 15) is 9.59 Å². The van der Waals surface area contributed by atoms with Crippen LogP contribution in [0, 0.1) is 6.92 Å². The second-order valence-corrected chi connectivity index (χ2v) is 6.74. The molecule has 0 spiro atoms. The zero-order valence-corrected chi connectivity index (χ0v) is 15.9. The molecule has 5 nitrogen and oxygen atoms in total. The van der Waals surface area contributed by atoms with Crippen molar-refractivity contribution < 1.29 is 14.3 Å². The van der Waals surface area contributed by atoms with Crippen LogP contribution in [0.3, 0.4) is 0 Å². The van der Waals surface area contributed by atoms with E-state index in [1.165, 1.54) is 5.56 Å². The molecule has 138 valence electrons. The fraction of sp³-hybridized carbons (Fsp3) is 0.300. The van der Waals surface area contributed by atoms with Crippen molar-refractivity contribution in [3.8, 4) is 0 Å². The topological polar surface area (TPSA) is 67.4 Å². The van der Waals surface area contributed by atoms with Crippen molar-refractivity contribution in [3.63, 3.8) is 0 Å². The van der Waals surface area contributed by atoms with E-state index in [1.807, 2.05) is 37.3 Å². The minimum absolute atomic E-state index is 0.200. The van der Waals surface area contributed by atoms with Crippen LogP contribution in [0.15, 0.2) is 42.5 Å². The van der Waals surface area contributed by atoms with Crippen molar-refractivity contribution in [2.24, 2.45) is 0 Å². The van der Waals surface area contributed by atoms with Gasteiger partial charge in [0, 0.05) is 16.4 Å². The molecule has 0 radical (unpaired) electrons. The molecule has 0 aliphatic heterocycles. The van der Waals surface area contributed by atoms with Crippen LogP contribution in [-0.4, -0.2) is 25.0 Å². The van der Waals surface area contributed by atoms with E-state index in [0.29, 0.717) is 22.3 Å². The molecule has 0 atom stereocenters. The second kappa shape index (κ2) is 9.36. The Morgan fingerprint density at radius 2 is 1.50 bits per heavy atom. The SMILES string of the molecule is Cc1ccc(NC(=O)COCC(=O)Nc2ccc(C(C)C)cc2)cc1Cl. The number of hydrogen-bond acceptors (Lipinski definition) is 3. The summed E-state index contributed by atoms with van der Waals surface area (Å²) in [7, 11) is 0. The summed E-state index contributed by atoms with van der Waals surface area (Å²) in [6.45, 7) is 5.68. The zero-order chi connectivity index (χ0) is 19.1. The van der Waals surface area contributed by atoms with E-state index < -0.39 is 0 Å². The number of carbonyl (C=O) groups is 2. The molecular weight excluding hydrogens is 352 g/mol. The van der Waals surface area contributed by atoms with Gasteiger partial charge in [-0.05, 0) is 48.2 Å². The van der Waals surface area contributed by atoms with Crippen LogP contribution in [0.4, 0.5) is 11.4 Å². The Kier molecular flexibility index (Phi) is 7.18. The van der Waals surface area contributed by atoms with Crippen LogP contribution in [0.1, 0.15) is 30.9 Å². The Balaban J connectivity index is 1.73. The van der Waals surface area contributed by atoms with Gasteiger partial charge >= 0.3 is 0 Å². The largest absolute Gasteiger partial charge is 0.362 e. The summed E-state index contributed by atoms with van der Waals surface area (Å²) in [4.78, 5) is 23.7. The van der Waals surface area contributed by atoms with Crippen molar-refractivity contribution in [3.05, 3.63) is 58.6 Å². The lowest BCUT2D eigenvalue weighted by Crippen LogP contribution is -2.24. The molecule has 0 bridgehead atoms. The summed E-state index contributed by atoms with van der Waals surface area (Å²) in [5.74, 6) is -0.225. The van der Waals surface area contributed by atoms with Crippen molar-refractivity contribution in [2.45, 2.75) is 26.7 Å². The van der Waals surface area contributed by atoms with Gasteiger partial charge in [-0.25, -0.2) is 0 Å². The highest BCUT2D eigenvalue weighted by Gasteiger charge is 2.08. The summed E-state index contributed by atoms with van der Waals surface area (Å²) >= 11 is 6.01. The maximum atomic E-state index is 11.9. The highest BCUT2D eigenvalue weighted by molar-refractivity contribution is 6.31. The van der Waals surface area contributed by atoms with E-state index in [0.717, 1.165) is 5.56 Å². The lowest BCUT2D eigenvalue weighted by molar-refractivity contribution is -0.125. The number of ether oxygens (including phenoxy) is 1. The van der Waals surface area contributed by atoms with E-state index in [4.69, 9.17) is 16.3 Å². The first-order valence-electron chi connectivity index (χ1n) is 8.38. The van der Waals surface area contributed by atoms with Crippen LogP contribution < -0.4 is 10.6 Å². The highest BCUT2D eigenvalue weighted by atomic mass is 35.5. The molecule has 0 fully saturated rings. The minimum Gasteiger partial charge on any atom is -0.362 e. The molecule has 0 saturated heterocycles. The molecular formula is C20H23ClN2O3. The maximum absolute atomic E-state index is 11.9. The monoisotopic (exact) mass is 374 g/mol. The van der Waals surface area contributed by atoms with Gasteiger partial charge < -0.3 is 15.4 Å². The Morgan fingerprint density at radius 1 is 0.962 bits per heavy atom. The molecule has 6 heteroatoms. The molecule has 2 aromatic carbocycles. The summed E-state index contributed by atoms with van der Waals surface area (Å²) in [5.41, 5.74) is 3.41. The standard InChI is InChI=1S/C20H23ClN2O3/c1-13(2)15-5-8-16(9-6-15)22-19(24)11-26-12-20(25)23-17-7-4-14(3)18(21)10-17/h4-10,13H,11-12H2,1-3H3,(H,22,24)(H,23,25). The quantitative estimate of drug-likeness (QED) is 0.756. The number of aryl methyl sites for hydroxylation is 1. The summed E-state index contributed by atoms with van der Waals surface area (Å²) in [6.07, 6.45) is 0. The molecule has 0 saturated carbocycles. The van der Waals surface area contributed by atoms with Crippen molar-refractivity contribution in [1.29, 1.82) is 0 Å². The van der Waals surface area contributed by atoms with Gasteiger partial charge in [-0.1, -0.05) is 43.6 Å². The van der Waals surface area contributed by atoms with Gasteiger partial charge in [0.1, 0.15) is 13.2 Å². The Labute approximate surface area is 158 Å². The first-order chi connectivity index (χ1) is 12.3. The maximum Gasteiger partial charge on any atom is 0.250 e. The molecule has 0 unspecified atom stereocenters. The van der Waals surface area contributed by atoms with E-state index >= 15 is 0 Å². The van der Waals surface area contributed by atoms with Gasteiger partial charge in [-0.3, -0.25) is 9.59 Å². The fourth-order valence-corrected chi connectivity index (χ4v) is 2.43. The normalized spacial score (nSPS) is 10.7. The van der Waals surface area contributed by atoms with Gasteiger partial charge in [0.05, 0.1) is 0 Å². The van der Waals surface area contributed by atoms with E-state index in [1.54, 1.807) is 12.1 Å². The van der Waals surface area contributed by atoms with Gasteiger partial charge in [-0.2, -0.15) is 0 Å². The predicted molar refractivity (Wildman–Crippen MR) is 105 cm³/mol. The van der Waals surface area contributed by atoms with Crippen LogP contribution >= 0.6 is 11.6 Å². The number of halogens is 1. The summed E-state index contributed by atoms with van der Waals surface area (Å²) in [6, 6.07) is 12.9. The third-order valence-electron chi connectivity index (χ3n) is 3.78. The van der Waals surface area contributed by atoms with Crippen molar-refractivity contribution >= 4 is 34.8 Å². The number of amides is 2. The Morgan fingerprint density at radius 3 is 2.04 bits per heavy atom. The molecule has 0 aliphatic rings. The van der Waals surface area contributed by atoms with Crippen molar-refractivity contribution in [2.75, 3.05) is 23.8 Å². The molecule has 26 heavy (non-hydrogen) atoms. The summed E-state index contributed by atoms with van der Waals surface area (Å²) < 4.78 is 5.16. The number of benzene rings is 2. The second-order valence-electron chi connectivity index (χ2n) is 6.33. The lowest BCUT2D eigenvalue weighted by Gasteiger charge is -2.09. The third-order valence-corrected chi connectivity index (χ3v) is 4.19. The van der Waals surface area contributed by atoms with E-state index in [2.05, 4.69) is 24.5 Å². The average Bonchev–Trinajstić information content (AvgIpc) is 2.58. The molecule has 0 heterocycles. The number of carbonyl (C=O) groups excluding carboxylic acids is 2. The summed E-state index contributed by atoms with van der Waals surface area (Å²) in [5, 5.41) is 5.98.